The van der Waals surface area contributed by atoms with E-state index >= 15 is 0 Å². The van der Waals surface area contributed by atoms with Crippen molar-refractivity contribution < 1.29 is 14.3 Å². The van der Waals surface area contributed by atoms with Gasteiger partial charge in [-0.15, -0.1) is 0 Å². The number of benzene rings is 1. The van der Waals surface area contributed by atoms with Crippen molar-refractivity contribution >= 4 is 5.91 Å². The molecular weight excluding hydrogens is 268 g/mol. The van der Waals surface area contributed by atoms with E-state index in [9.17, 15) is 4.79 Å². The van der Waals surface area contributed by atoms with Crippen LogP contribution in [0.25, 0.3) is 0 Å². The second-order valence-corrected chi connectivity index (χ2v) is 5.48. The van der Waals surface area contributed by atoms with Crippen LogP contribution < -0.4 is 20.1 Å². The molecular formula is C16H24N2O3. The van der Waals surface area contributed by atoms with Crippen molar-refractivity contribution in [3.63, 3.8) is 0 Å². The lowest BCUT2D eigenvalue weighted by Gasteiger charge is -2.29. The van der Waals surface area contributed by atoms with E-state index in [0.717, 1.165) is 19.5 Å². The predicted octanol–water partition coefficient (Wildman–Crippen LogP) is 1.68. The number of rotatable bonds is 5. The average molecular weight is 292 g/mol. The van der Waals surface area contributed by atoms with Crippen LogP contribution >= 0.6 is 0 Å². The Morgan fingerprint density at radius 3 is 2.57 bits per heavy atom. The van der Waals surface area contributed by atoms with Gasteiger partial charge in [-0.1, -0.05) is 13.0 Å². The first-order valence-corrected chi connectivity index (χ1v) is 7.37. The molecule has 2 atom stereocenters. The molecule has 1 amide bonds. The van der Waals surface area contributed by atoms with Crippen molar-refractivity contribution in [3.05, 3.63) is 23.8 Å². The first-order valence-electron chi connectivity index (χ1n) is 7.37. The van der Waals surface area contributed by atoms with Crippen LogP contribution in [0.3, 0.4) is 0 Å². The van der Waals surface area contributed by atoms with E-state index < -0.39 is 0 Å². The SMILES string of the molecule is COc1cccc(OC)c1C(=O)NCC1CCNCC1C. The topological polar surface area (TPSA) is 59.6 Å². The van der Waals surface area contributed by atoms with Gasteiger partial charge in [-0.25, -0.2) is 0 Å². The first-order chi connectivity index (χ1) is 10.2. The largest absolute Gasteiger partial charge is 0.496 e. The van der Waals surface area contributed by atoms with Gasteiger partial charge in [-0.2, -0.15) is 0 Å². The fourth-order valence-corrected chi connectivity index (χ4v) is 2.76. The predicted molar refractivity (Wildman–Crippen MR) is 82.0 cm³/mol. The van der Waals surface area contributed by atoms with Gasteiger partial charge in [0.15, 0.2) is 0 Å². The molecule has 0 radical (unpaired) electrons. The number of piperidine rings is 1. The fourth-order valence-electron chi connectivity index (χ4n) is 2.76. The Balaban J connectivity index is 2.06. The van der Waals surface area contributed by atoms with Crippen LogP contribution in [-0.2, 0) is 0 Å². The summed E-state index contributed by atoms with van der Waals surface area (Å²) in [5.74, 6) is 2.00. The number of carbonyl (C=O) groups excluding carboxylic acids is 1. The molecule has 2 unspecified atom stereocenters. The molecule has 21 heavy (non-hydrogen) atoms. The Morgan fingerprint density at radius 2 is 2.00 bits per heavy atom. The molecule has 2 rings (SSSR count). The molecule has 0 aromatic heterocycles. The maximum Gasteiger partial charge on any atom is 0.258 e. The maximum atomic E-state index is 12.5. The van der Waals surface area contributed by atoms with Crippen LogP contribution in [0.1, 0.15) is 23.7 Å². The molecule has 0 aliphatic carbocycles. The summed E-state index contributed by atoms with van der Waals surface area (Å²) in [5.41, 5.74) is 0.462. The van der Waals surface area contributed by atoms with Crippen LogP contribution in [0.15, 0.2) is 18.2 Å². The first kappa shape index (κ1) is 15.6. The lowest BCUT2D eigenvalue weighted by molar-refractivity contribution is 0.0932. The molecule has 1 aromatic carbocycles. The van der Waals surface area contributed by atoms with Gasteiger partial charge in [0.05, 0.1) is 14.2 Å². The molecule has 0 bridgehead atoms. The lowest BCUT2D eigenvalue weighted by atomic mass is 9.88. The Labute approximate surface area is 126 Å². The van der Waals surface area contributed by atoms with Crippen LogP contribution in [0.5, 0.6) is 11.5 Å². The van der Waals surface area contributed by atoms with Gasteiger partial charge in [0.25, 0.3) is 5.91 Å². The van der Waals surface area contributed by atoms with Crippen LogP contribution in [0, 0.1) is 11.8 Å². The van der Waals surface area contributed by atoms with Crippen LogP contribution in [0.4, 0.5) is 0 Å². The quantitative estimate of drug-likeness (QED) is 0.867. The zero-order chi connectivity index (χ0) is 15.2. The van der Waals surface area contributed by atoms with Crippen molar-refractivity contribution in [2.24, 2.45) is 11.8 Å². The highest BCUT2D eigenvalue weighted by Crippen LogP contribution is 2.28. The number of hydrogen-bond donors (Lipinski definition) is 2. The van der Waals surface area contributed by atoms with E-state index in [1.165, 1.54) is 0 Å². The summed E-state index contributed by atoms with van der Waals surface area (Å²) >= 11 is 0. The third kappa shape index (κ3) is 3.67. The monoisotopic (exact) mass is 292 g/mol. The highest BCUT2D eigenvalue weighted by molar-refractivity contribution is 5.99. The maximum absolute atomic E-state index is 12.5. The Bertz CT molecular complexity index is 468. The average Bonchev–Trinajstić information content (AvgIpc) is 2.52. The summed E-state index contributed by atoms with van der Waals surface area (Å²) in [7, 11) is 3.11. The third-order valence-corrected chi connectivity index (χ3v) is 4.14. The summed E-state index contributed by atoms with van der Waals surface area (Å²) < 4.78 is 10.5. The summed E-state index contributed by atoms with van der Waals surface area (Å²) in [5, 5.41) is 6.39. The van der Waals surface area contributed by atoms with E-state index in [-0.39, 0.29) is 5.91 Å². The van der Waals surface area contributed by atoms with Gasteiger partial charge in [-0.3, -0.25) is 4.79 Å². The zero-order valence-corrected chi connectivity index (χ0v) is 12.9. The number of nitrogens with one attached hydrogen (secondary N) is 2. The third-order valence-electron chi connectivity index (χ3n) is 4.14. The fraction of sp³-hybridized carbons (Fsp3) is 0.562. The number of ether oxygens (including phenoxy) is 2. The van der Waals surface area contributed by atoms with Gasteiger partial charge in [0.1, 0.15) is 17.1 Å². The molecule has 2 N–H and O–H groups in total. The molecule has 5 nitrogen and oxygen atoms in total. The molecule has 1 heterocycles. The van der Waals surface area contributed by atoms with Crippen molar-refractivity contribution in [2.75, 3.05) is 33.9 Å². The minimum absolute atomic E-state index is 0.143. The minimum Gasteiger partial charge on any atom is -0.496 e. The molecule has 5 heteroatoms. The molecule has 1 aliphatic heterocycles. The highest BCUT2D eigenvalue weighted by atomic mass is 16.5. The standard InChI is InChI=1S/C16H24N2O3/c1-11-9-17-8-7-12(11)10-18-16(19)15-13(20-2)5-4-6-14(15)21-3/h4-6,11-12,17H,7-10H2,1-3H3,(H,18,19). The number of amides is 1. The van der Waals surface area contributed by atoms with Crippen molar-refractivity contribution in [1.29, 1.82) is 0 Å². The Kier molecular flexibility index (Phi) is 5.44. The number of carbonyl (C=O) groups is 1. The van der Waals surface area contributed by atoms with E-state index in [1.807, 2.05) is 6.07 Å². The molecule has 1 aliphatic rings. The smallest absolute Gasteiger partial charge is 0.258 e. The van der Waals surface area contributed by atoms with Crippen molar-refractivity contribution in [1.82, 2.24) is 10.6 Å². The summed E-state index contributed by atoms with van der Waals surface area (Å²) in [4.78, 5) is 12.5. The normalized spacial score (nSPS) is 21.7. The van der Waals surface area contributed by atoms with Crippen molar-refractivity contribution in [2.45, 2.75) is 13.3 Å². The summed E-state index contributed by atoms with van der Waals surface area (Å²) in [6.45, 7) is 4.93. The molecule has 0 spiro atoms. The minimum atomic E-state index is -0.143. The molecule has 1 saturated heterocycles. The van der Waals surface area contributed by atoms with Gasteiger partial charge < -0.3 is 20.1 Å². The molecule has 0 saturated carbocycles. The molecule has 1 fully saturated rings. The van der Waals surface area contributed by atoms with Crippen LogP contribution in [0.2, 0.25) is 0 Å². The Morgan fingerprint density at radius 1 is 1.33 bits per heavy atom. The van der Waals surface area contributed by atoms with E-state index in [0.29, 0.717) is 35.4 Å². The summed E-state index contributed by atoms with van der Waals surface area (Å²) in [6, 6.07) is 5.35. The highest BCUT2D eigenvalue weighted by Gasteiger charge is 2.23. The molecule has 116 valence electrons. The van der Waals surface area contributed by atoms with Gasteiger partial charge in [0.2, 0.25) is 0 Å². The van der Waals surface area contributed by atoms with E-state index in [2.05, 4.69) is 17.6 Å². The second-order valence-electron chi connectivity index (χ2n) is 5.48. The zero-order valence-electron chi connectivity index (χ0n) is 12.9. The molecule has 1 aromatic rings. The second kappa shape index (κ2) is 7.31. The Hall–Kier alpha value is -1.75. The van der Waals surface area contributed by atoms with Gasteiger partial charge in [-0.05, 0) is 43.5 Å². The number of methoxy groups -OCH3 is 2. The van der Waals surface area contributed by atoms with Gasteiger partial charge in [0, 0.05) is 6.54 Å². The summed E-state index contributed by atoms with van der Waals surface area (Å²) in [6.07, 6.45) is 1.09. The van der Waals surface area contributed by atoms with Gasteiger partial charge >= 0.3 is 0 Å². The van der Waals surface area contributed by atoms with E-state index in [4.69, 9.17) is 9.47 Å². The van der Waals surface area contributed by atoms with Crippen LogP contribution in [-0.4, -0.2) is 39.8 Å². The number of hydrogen-bond acceptors (Lipinski definition) is 4. The van der Waals surface area contributed by atoms with Crippen molar-refractivity contribution in [3.8, 4) is 11.5 Å². The lowest BCUT2D eigenvalue weighted by Crippen LogP contribution is -2.41. The van der Waals surface area contributed by atoms with E-state index in [1.54, 1.807) is 26.4 Å².